The molecule has 24 heavy (non-hydrogen) atoms. The summed E-state index contributed by atoms with van der Waals surface area (Å²) in [6, 6.07) is 16.0. The number of amides is 1. The molecule has 0 bridgehead atoms. The zero-order chi connectivity index (χ0) is 17.1. The van der Waals surface area contributed by atoms with Crippen molar-refractivity contribution in [3.8, 4) is 0 Å². The van der Waals surface area contributed by atoms with Crippen LogP contribution in [0, 0.1) is 6.92 Å². The number of hydrogen-bond acceptors (Lipinski definition) is 2. The molecule has 0 atom stereocenters. The van der Waals surface area contributed by atoms with Crippen LogP contribution in [0.15, 0.2) is 54.7 Å². The van der Waals surface area contributed by atoms with E-state index < -0.39 is 0 Å². The molecule has 0 saturated heterocycles. The lowest BCUT2D eigenvalue weighted by Crippen LogP contribution is -2.37. The molecular formula is C21H22N2O. The van der Waals surface area contributed by atoms with E-state index in [9.17, 15) is 4.79 Å². The molecule has 0 fully saturated rings. The summed E-state index contributed by atoms with van der Waals surface area (Å²) in [6.07, 6.45) is 2.66. The summed E-state index contributed by atoms with van der Waals surface area (Å²) >= 11 is 0. The number of pyridine rings is 1. The molecule has 3 aromatic rings. The van der Waals surface area contributed by atoms with Crippen LogP contribution in [-0.4, -0.2) is 17.4 Å². The molecule has 1 aliphatic heterocycles. The Bertz CT molecular complexity index is 881. The third-order valence-corrected chi connectivity index (χ3v) is 4.24. The topological polar surface area (TPSA) is 33.2 Å². The lowest BCUT2D eigenvalue weighted by Gasteiger charge is -2.29. The van der Waals surface area contributed by atoms with E-state index in [2.05, 4.69) is 18.0 Å². The van der Waals surface area contributed by atoms with Crippen LogP contribution in [0.1, 0.15) is 35.3 Å². The summed E-state index contributed by atoms with van der Waals surface area (Å²) < 4.78 is 0. The maximum Gasteiger partial charge on any atom is 0.258 e. The average molecular weight is 318 g/mol. The Morgan fingerprint density at radius 1 is 1.04 bits per heavy atom. The number of aryl methyl sites for hydroxylation is 1. The monoisotopic (exact) mass is 318 g/mol. The third kappa shape index (κ3) is 2.78. The first-order valence-electron chi connectivity index (χ1n) is 8.49. The Balaban J connectivity index is 0.000000815. The van der Waals surface area contributed by atoms with Crippen molar-refractivity contribution in [1.82, 2.24) is 4.98 Å². The lowest BCUT2D eigenvalue weighted by atomic mass is 9.96. The van der Waals surface area contributed by atoms with Crippen molar-refractivity contribution in [1.29, 1.82) is 0 Å². The van der Waals surface area contributed by atoms with Gasteiger partial charge in [-0.3, -0.25) is 9.78 Å². The number of rotatable bonds is 1. The molecule has 0 N–H and O–H groups in total. The molecule has 0 spiro atoms. The van der Waals surface area contributed by atoms with Gasteiger partial charge in [0.1, 0.15) is 0 Å². The summed E-state index contributed by atoms with van der Waals surface area (Å²) in [6.45, 7) is 6.76. The van der Waals surface area contributed by atoms with Crippen LogP contribution in [-0.2, 0) is 6.42 Å². The van der Waals surface area contributed by atoms with Crippen LogP contribution in [0.3, 0.4) is 0 Å². The smallest absolute Gasteiger partial charge is 0.258 e. The van der Waals surface area contributed by atoms with E-state index in [0.29, 0.717) is 6.54 Å². The third-order valence-electron chi connectivity index (χ3n) is 4.24. The van der Waals surface area contributed by atoms with E-state index in [1.165, 1.54) is 5.56 Å². The van der Waals surface area contributed by atoms with Crippen LogP contribution in [0.4, 0.5) is 5.69 Å². The molecule has 4 rings (SSSR count). The van der Waals surface area contributed by atoms with E-state index in [-0.39, 0.29) is 5.91 Å². The van der Waals surface area contributed by atoms with Crippen molar-refractivity contribution in [2.45, 2.75) is 27.2 Å². The Hall–Kier alpha value is -2.68. The van der Waals surface area contributed by atoms with E-state index >= 15 is 0 Å². The molecule has 2 heterocycles. The van der Waals surface area contributed by atoms with Gasteiger partial charge >= 0.3 is 0 Å². The van der Waals surface area contributed by atoms with E-state index in [1.807, 2.05) is 61.2 Å². The molecule has 0 radical (unpaired) electrons. The van der Waals surface area contributed by atoms with Gasteiger partial charge in [0.25, 0.3) is 5.91 Å². The first-order valence-corrected chi connectivity index (χ1v) is 8.49. The predicted molar refractivity (Wildman–Crippen MR) is 99.7 cm³/mol. The van der Waals surface area contributed by atoms with E-state index in [0.717, 1.165) is 34.1 Å². The number of anilines is 1. The largest absolute Gasteiger partial charge is 0.306 e. The van der Waals surface area contributed by atoms with Crippen LogP contribution in [0.25, 0.3) is 10.9 Å². The van der Waals surface area contributed by atoms with Gasteiger partial charge in [-0.05, 0) is 37.1 Å². The van der Waals surface area contributed by atoms with Crippen molar-refractivity contribution < 1.29 is 4.79 Å². The zero-order valence-electron chi connectivity index (χ0n) is 14.4. The highest BCUT2D eigenvalue weighted by molar-refractivity contribution is 6.11. The van der Waals surface area contributed by atoms with Crippen LogP contribution >= 0.6 is 0 Å². The van der Waals surface area contributed by atoms with Gasteiger partial charge in [0, 0.05) is 23.7 Å². The van der Waals surface area contributed by atoms with Gasteiger partial charge in [-0.2, -0.15) is 0 Å². The summed E-state index contributed by atoms with van der Waals surface area (Å²) in [5.74, 6) is 0.0689. The molecular weight excluding hydrogens is 296 g/mol. The van der Waals surface area contributed by atoms with Crippen molar-refractivity contribution >= 4 is 22.5 Å². The highest BCUT2D eigenvalue weighted by atomic mass is 16.2. The fourth-order valence-electron chi connectivity index (χ4n) is 3.15. The van der Waals surface area contributed by atoms with Gasteiger partial charge in [-0.15, -0.1) is 0 Å². The Labute approximate surface area is 143 Å². The number of carbonyl (C=O) groups excluding carboxylic acids is 1. The van der Waals surface area contributed by atoms with Crippen LogP contribution < -0.4 is 4.90 Å². The zero-order valence-corrected chi connectivity index (χ0v) is 14.4. The number of nitrogens with zero attached hydrogens (tertiary/aromatic N) is 2. The molecule has 1 aliphatic rings. The fourth-order valence-corrected chi connectivity index (χ4v) is 3.15. The van der Waals surface area contributed by atoms with Gasteiger partial charge < -0.3 is 4.90 Å². The first-order chi connectivity index (χ1) is 11.7. The molecule has 122 valence electrons. The molecule has 1 aromatic heterocycles. The first kappa shape index (κ1) is 16.2. The molecule has 0 aliphatic carbocycles. The molecule has 3 heteroatoms. The Kier molecular flexibility index (Phi) is 4.61. The van der Waals surface area contributed by atoms with E-state index in [4.69, 9.17) is 0 Å². The molecule has 1 amide bonds. The second-order valence-electron chi connectivity index (χ2n) is 5.72. The SMILES string of the molecule is CC.Cc1ccc2c(c1)CCN(c1cccc3cccnc13)C2=O. The van der Waals surface area contributed by atoms with Gasteiger partial charge in [-0.25, -0.2) is 0 Å². The van der Waals surface area contributed by atoms with E-state index in [1.54, 1.807) is 6.20 Å². The number of benzene rings is 2. The van der Waals surface area contributed by atoms with Crippen LogP contribution in [0.5, 0.6) is 0 Å². The second-order valence-corrected chi connectivity index (χ2v) is 5.72. The number of fused-ring (bicyclic) bond motifs is 2. The minimum atomic E-state index is 0.0689. The minimum Gasteiger partial charge on any atom is -0.306 e. The van der Waals surface area contributed by atoms with Gasteiger partial charge in [-0.1, -0.05) is 49.7 Å². The molecule has 0 unspecified atom stereocenters. The normalized spacial score (nSPS) is 13.3. The molecule has 0 saturated carbocycles. The maximum atomic E-state index is 12.9. The average Bonchev–Trinajstić information content (AvgIpc) is 2.63. The van der Waals surface area contributed by atoms with Crippen molar-refractivity contribution in [3.05, 3.63) is 71.4 Å². The molecule has 2 aromatic carbocycles. The number of para-hydroxylation sites is 1. The summed E-state index contributed by atoms with van der Waals surface area (Å²) in [7, 11) is 0. The Morgan fingerprint density at radius 3 is 2.67 bits per heavy atom. The van der Waals surface area contributed by atoms with Crippen LogP contribution in [0.2, 0.25) is 0 Å². The second kappa shape index (κ2) is 6.83. The number of carbonyl (C=O) groups is 1. The van der Waals surface area contributed by atoms with Gasteiger partial charge in [0.05, 0.1) is 11.2 Å². The highest BCUT2D eigenvalue weighted by Gasteiger charge is 2.26. The summed E-state index contributed by atoms with van der Waals surface area (Å²) in [5, 5.41) is 1.06. The summed E-state index contributed by atoms with van der Waals surface area (Å²) in [5.41, 5.74) is 4.94. The van der Waals surface area contributed by atoms with Crippen molar-refractivity contribution in [2.24, 2.45) is 0 Å². The predicted octanol–water partition coefficient (Wildman–Crippen LogP) is 4.77. The summed E-state index contributed by atoms with van der Waals surface area (Å²) in [4.78, 5) is 19.2. The quantitative estimate of drug-likeness (QED) is 0.647. The van der Waals surface area contributed by atoms with Crippen molar-refractivity contribution in [2.75, 3.05) is 11.4 Å². The highest BCUT2D eigenvalue weighted by Crippen LogP contribution is 2.29. The lowest BCUT2D eigenvalue weighted by molar-refractivity contribution is 0.0981. The fraction of sp³-hybridized carbons (Fsp3) is 0.238. The van der Waals surface area contributed by atoms with Crippen molar-refractivity contribution in [3.63, 3.8) is 0 Å². The Morgan fingerprint density at radius 2 is 1.83 bits per heavy atom. The standard InChI is InChI=1S/C19H16N2O.C2H6/c1-13-7-8-16-15(12-13)9-11-21(19(16)22)17-6-2-4-14-5-3-10-20-18(14)17;1-2/h2-8,10,12H,9,11H2,1H3;1-2H3. The van der Waals surface area contributed by atoms with Gasteiger partial charge in [0.2, 0.25) is 0 Å². The minimum absolute atomic E-state index is 0.0689. The van der Waals surface area contributed by atoms with Gasteiger partial charge in [0.15, 0.2) is 0 Å². The number of hydrogen-bond donors (Lipinski definition) is 0. The molecule has 3 nitrogen and oxygen atoms in total. The number of aromatic nitrogens is 1. The maximum absolute atomic E-state index is 12.9.